The van der Waals surface area contributed by atoms with Crippen molar-refractivity contribution < 1.29 is 13.2 Å². The van der Waals surface area contributed by atoms with Crippen LogP contribution in [0.1, 0.15) is 27.0 Å². The van der Waals surface area contributed by atoms with Crippen molar-refractivity contribution in [2.24, 2.45) is 0 Å². The van der Waals surface area contributed by atoms with Crippen LogP contribution in [0, 0.1) is 13.8 Å². The highest BCUT2D eigenvalue weighted by molar-refractivity contribution is 7.92. The Labute approximate surface area is 190 Å². The third-order valence-electron chi connectivity index (χ3n) is 5.77. The van der Waals surface area contributed by atoms with E-state index in [1.165, 1.54) is 45.5 Å². The Balaban J connectivity index is 1.36. The number of carbonyl (C=O) groups is 1. The number of hydrogen-bond acceptors (Lipinski definition) is 5. The molecule has 0 saturated carbocycles. The van der Waals surface area contributed by atoms with Gasteiger partial charge in [-0.1, -0.05) is 29.5 Å². The summed E-state index contributed by atoms with van der Waals surface area (Å²) in [7, 11) is -3.69. The first-order valence-corrected chi connectivity index (χ1v) is 12.5. The van der Waals surface area contributed by atoms with Crippen molar-refractivity contribution >= 4 is 48.3 Å². The van der Waals surface area contributed by atoms with E-state index in [1.54, 1.807) is 0 Å². The lowest BCUT2D eigenvalue weighted by atomic mass is 10.1. The molecule has 162 valence electrons. The SMILES string of the molecule is Cc1cc2nc(NC(=O)c3ccc(S(=O)(=O)N4CCc5ccccc54)cc3)sc2cc1C. The largest absolute Gasteiger partial charge is 0.298 e. The van der Waals surface area contributed by atoms with Gasteiger partial charge in [0.05, 0.1) is 20.8 Å². The number of aryl methyl sites for hydroxylation is 2. The Morgan fingerprint density at radius 2 is 1.75 bits per heavy atom. The van der Waals surface area contributed by atoms with Crippen LogP contribution in [0.5, 0.6) is 0 Å². The Kier molecular flexibility index (Phi) is 4.98. The zero-order chi connectivity index (χ0) is 22.5. The lowest BCUT2D eigenvalue weighted by Gasteiger charge is -2.19. The molecule has 1 N–H and O–H groups in total. The molecule has 32 heavy (non-hydrogen) atoms. The first kappa shape index (κ1) is 20.7. The van der Waals surface area contributed by atoms with Crippen molar-refractivity contribution in [3.05, 3.63) is 82.9 Å². The number of sulfonamides is 1. The van der Waals surface area contributed by atoms with Gasteiger partial charge in [0.25, 0.3) is 15.9 Å². The molecule has 0 spiro atoms. The van der Waals surface area contributed by atoms with Crippen LogP contribution in [0.15, 0.2) is 65.6 Å². The third kappa shape index (κ3) is 3.55. The molecule has 0 fully saturated rings. The van der Waals surface area contributed by atoms with Crippen LogP contribution in [0.4, 0.5) is 10.8 Å². The van der Waals surface area contributed by atoms with Crippen LogP contribution in [0.2, 0.25) is 0 Å². The number of amides is 1. The smallest absolute Gasteiger partial charge is 0.264 e. The number of fused-ring (bicyclic) bond motifs is 2. The number of nitrogens with zero attached hydrogens (tertiary/aromatic N) is 2. The fraction of sp³-hybridized carbons (Fsp3) is 0.167. The molecule has 3 aromatic carbocycles. The van der Waals surface area contributed by atoms with E-state index >= 15 is 0 Å². The number of para-hydroxylation sites is 1. The number of hydrogen-bond donors (Lipinski definition) is 1. The van der Waals surface area contributed by atoms with Gasteiger partial charge >= 0.3 is 0 Å². The van der Waals surface area contributed by atoms with Crippen molar-refractivity contribution in [1.29, 1.82) is 0 Å². The molecular weight excluding hydrogens is 442 g/mol. The maximum Gasteiger partial charge on any atom is 0.264 e. The van der Waals surface area contributed by atoms with E-state index in [0.717, 1.165) is 27.0 Å². The molecule has 0 atom stereocenters. The number of carbonyl (C=O) groups excluding carboxylic acids is 1. The quantitative estimate of drug-likeness (QED) is 0.466. The highest BCUT2D eigenvalue weighted by Crippen LogP contribution is 2.33. The minimum absolute atomic E-state index is 0.164. The van der Waals surface area contributed by atoms with E-state index in [-0.39, 0.29) is 10.8 Å². The zero-order valence-corrected chi connectivity index (χ0v) is 19.3. The minimum Gasteiger partial charge on any atom is -0.298 e. The van der Waals surface area contributed by atoms with Crippen molar-refractivity contribution in [3.63, 3.8) is 0 Å². The molecule has 0 radical (unpaired) electrons. The van der Waals surface area contributed by atoms with Gasteiger partial charge in [0.15, 0.2) is 5.13 Å². The Hall–Kier alpha value is -3.23. The van der Waals surface area contributed by atoms with E-state index in [1.807, 2.05) is 44.2 Å². The van der Waals surface area contributed by atoms with Crippen molar-refractivity contribution in [2.75, 3.05) is 16.2 Å². The average molecular weight is 464 g/mol. The van der Waals surface area contributed by atoms with Crippen molar-refractivity contribution in [2.45, 2.75) is 25.2 Å². The zero-order valence-electron chi connectivity index (χ0n) is 17.6. The number of rotatable bonds is 4. The van der Waals surface area contributed by atoms with Gasteiger partial charge in [-0.05, 0) is 79.4 Å². The third-order valence-corrected chi connectivity index (χ3v) is 8.53. The molecule has 1 aliphatic rings. The van der Waals surface area contributed by atoms with Gasteiger partial charge in [0.1, 0.15) is 0 Å². The van der Waals surface area contributed by atoms with Crippen LogP contribution >= 0.6 is 11.3 Å². The molecule has 5 rings (SSSR count). The minimum atomic E-state index is -3.69. The van der Waals surface area contributed by atoms with Crippen LogP contribution in [-0.4, -0.2) is 25.9 Å². The van der Waals surface area contributed by atoms with E-state index in [0.29, 0.717) is 23.7 Å². The fourth-order valence-corrected chi connectivity index (χ4v) is 6.31. The number of anilines is 2. The second-order valence-corrected chi connectivity index (χ2v) is 10.8. The lowest BCUT2D eigenvalue weighted by Crippen LogP contribution is -2.29. The van der Waals surface area contributed by atoms with Crippen molar-refractivity contribution in [1.82, 2.24) is 4.98 Å². The standard InChI is InChI=1S/C24H21N3O3S2/c1-15-13-20-22(14-16(15)2)31-24(25-20)26-23(28)18-7-9-19(10-8-18)32(29,30)27-12-11-17-5-3-4-6-21(17)27/h3-10,13-14H,11-12H2,1-2H3,(H,25,26,28). The molecule has 8 heteroatoms. The fourth-order valence-electron chi connectivity index (χ4n) is 3.87. The number of nitrogens with one attached hydrogen (secondary N) is 1. The molecule has 1 aromatic heterocycles. The maximum absolute atomic E-state index is 13.1. The highest BCUT2D eigenvalue weighted by atomic mass is 32.2. The molecule has 1 amide bonds. The summed E-state index contributed by atoms with van der Waals surface area (Å²) >= 11 is 1.42. The topological polar surface area (TPSA) is 79.4 Å². The first-order valence-electron chi connectivity index (χ1n) is 10.2. The molecule has 6 nitrogen and oxygen atoms in total. The molecule has 2 heterocycles. The van der Waals surface area contributed by atoms with Crippen LogP contribution in [0.25, 0.3) is 10.2 Å². The predicted molar refractivity (Wildman–Crippen MR) is 128 cm³/mol. The summed E-state index contributed by atoms with van der Waals surface area (Å²) in [5.41, 5.74) is 5.29. The highest BCUT2D eigenvalue weighted by Gasteiger charge is 2.30. The van der Waals surface area contributed by atoms with Gasteiger partial charge in [0, 0.05) is 12.1 Å². The Morgan fingerprint density at radius 1 is 1.03 bits per heavy atom. The van der Waals surface area contributed by atoms with E-state index in [9.17, 15) is 13.2 Å². The van der Waals surface area contributed by atoms with Gasteiger partial charge in [0.2, 0.25) is 0 Å². The average Bonchev–Trinajstić information content (AvgIpc) is 3.38. The molecule has 4 aromatic rings. The summed E-state index contributed by atoms with van der Waals surface area (Å²) in [6.45, 7) is 4.49. The summed E-state index contributed by atoms with van der Waals surface area (Å²) < 4.78 is 28.7. The van der Waals surface area contributed by atoms with Crippen LogP contribution in [0.3, 0.4) is 0 Å². The van der Waals surface area contributed by atoms with Gasteiger partial charge in [-0.2, -0.15) is 0 Å². The van der Waals surface area contributed by atoms with E-state index in [2.05, 4.69) is 16.4 Å². The second-order valence-electron chi connectivity index (χ2n) is 7.86. The maximum atomic E-state index is 13.1. The van der Waals surface area contributed by atoms with Gasteiger partial charge in [-0.25, -0.2) is 13.4 Å². The Bertz CT molecular complexity index is 1420. The van der Waals surface area contributed by atoms with Gasteiger partial charge in [-0.3, -0.25) is 14.4 Å². The summed E-state index contributed by atoms with van der Waals surface area (Å²) in [5.74, 6) is -0.326. The number of thiazole rings is 1. The summed E-state index contributed by atoms with van der Waals surface area (Å²) in [6.07, 6.45) is 0.692. The van der Waals surface area contributed by atoms with Crippen LogP contribution in [-0.2, 0) is 16.4 Å². The monoisotopic (exact) mass is 463 g/mol. The predicted octanol–water partition coefficient (Wildman–Crippen LogP) is 4.92. The molecule has 0 unspecified atom stereocenters. The van der Waals surface area contributed by atoms with E-state index < -0.39 is 10.0 Å². The van der Waals surface area contributed by atoms with Crippen molar-refractivity contribution in [3.8, 4) is 0 Å². The van der Waals surface area contributed by atoms with Gasteiger partial charge < -0.3 is 0 Å². The number of benzene rings is 3. The second kappa shape index (κ2) is 7.72. The van der Waals surface area contributed by atoms with Gasteiger partial charge in [-0.15, -0.1) is 0 Å². The number of aromatic nitrogens is 1. The molecule has 0 aliphatic carbocycles. The molecule has 0 bridgehead atoms. The summed E-state index contributed by atoms with van der Waals surface area (Å²) in [6, 6.07) is 17.6. The lowest BCUT2D eigenvalue weighted by molar-refractivity contribution is 0.102. The molecule has 0 saturated heterocycles. The summed E-state index contributed by atoms with van der Waals surface area (Å²) in [4.78, 5) is 17.4. The normalized spacial score (nSPS) is 13.4. The van der Waals surface area contributed by atoms with E-state index in [4.69, 9.17) is 0 Å². The molecule has 1 aliphatic heterocycles. The first-order chi connectivity index (χ1) is 15.3. The molecular formula is C24H21N3O3S2. The Morgan fingerprint density at radius 3 is 2.53 bits per heavy atom. The van der Waals surface area contributed by atoms with Crippen LogP contribution < -0.4 is 9.62 Å². The summed E-state index contributed by atoms with van der Waals surface area (Å²) in [5, 5.41) is 3.34.